The zero-order valence-electron chi connectivity index (χ0n) is 22.6. The fourth-order valence-corrected chi connectivity index (χ4v) is 4.14. The summed E-state index contributed by atoms with van der Waals surface area (Å²) in [5.74, 6) is -0.199. The number of carbonyl (C=O) groups excluding carboxylic acids is 1. The fourth-order valence-electron chi connectivity index (χ4n) is 2.87. The highest BCUT2D eigenvalue weighted by Gasteiger charge is 2.39. The monoisotopic (exact) mass is 450 g/mol. The van der Waals surface area contributed by atoms with Crippen molar-refractivity contribution in [3.63, 3.8) is 0 Å². The maximum absolute atomic E-state index is 12.5. The lowest BCUT2D eigenvalue weighted by Crippen LogP contribution is -2.44. The number of ether oxygens (including phenoxy) is 1. The van der Waals surface area contributed by atoms with Crippen LogP contribution in [0.2, 0.25) is 18.1 Å². The van der Waals surface area contributed by atoms with E-state index in [0.717, 1.165) is 25.7 Å². The average Bonchev–Trinajstić information content (AvgIpc) is 2.50. The van der Waals surface area contributed by atoms with Gasteiger partial charge in [-0.2, -0.15) is 0 Å². The average molecular weight is 451 g/mol. The highest BCUT2D eigenvalue weighted by molar-refractivity contribution is 6.74. The smallest absolute Gasteiger partial charge is 0.309 e. The molecule has 0 aromatic rings. The number of rotatable bonds is 11. The predicted molar refractivity (Wildman–Crippen MR) is 138 cm³/mol. The third-order valence-electron chi connectivity index (χ3n) is 5.63. The minimum Gasteiger partial charge on any atom is -0.460 e. The van der Waals surface area contributed by atoms with Crippen LogP contribution in [0.1, 0.15) is 101 Å². The molecular weight excluding hydrogens is 400 g/mol. The number of hydrogen-bond donors (Lipinski definition) is 0. The fraction of sp³-hybridized carbons (Fsp3) is 0.741. The van der Waals surface area contributed by atoms with Crippen LogP contribution in [0.4, 0.5) is 0 Å². The second-order valence-electron chi connectivity index (χ2n) is 11.6. The van der Waals surface area contributed by atoms with E-state index in [4.69, 9.17) is 9.16 Å². The molecule has 3 nitrogen and oxygen atoms in total. The second kappa shape index (κ2) is 12.8. The van der Waals surface area contributed by atoms with Gasteiger partial charge in [-0.15, -0.1) is 0 Å². The van der Waals surface area contributed by atoms with E-state index < -0.39 is 13.9 Å². The van der Waals surface area contributed by atoms with Crippen LogP contribution in [-0.4, -0.2) is 26.0 Å². The van der Waals surface area contributed by atoms with Gasteiger partial charge in [0.25, 0.3) is 0 Å². The summed E-state index contributed by atoms with van der Waals surface area (Å²) in [4.78, 5) is 12.5. The van der Waals surface area contributed by atoms with E-state index in [-0.39, 0.29) is 23.5 Å². The molecular formula is C27H50O3Si. The van der Waals surface area contributed by atoms with Gasteiger partial charge in [-0.3, -0.25) is 4.79 Å². The Bertz CT molecular complexity index is 651. The van der Waals surface area contributed by atoms with Crippen LogP contribution in [-0.2, 0) is 14.0 Å². The molecule has 1 unspecified atom stereocenters. The third-order valence-corrected chi connectivity index (χ3v) is 10.1. The van der Waals surface area contributed by atoms with Crippen LogP contribution in [0.25, 0.3) is 0 Å². The molecule has 0 saturated carbocycles. The molecule has 0 spiro atoms. The lowest BCUT2D eigenvalue weighted by Gasteiger charge is -2.38. The van der Waals surface area contributed by atoms with E-state index >= 15 is 0 Å². The van der Waals surface area contributed by atoms with Crippen LogP contribution < -0.4 is 0 Å². The summed E-state index contributed by atoms with van der Waals surface area (Å²) in [6.45, 7) is 25.5. The van der Waals surface area contributed by atoms with Crippen LogP contribution in [0.3, 0.4) is 0 Å². The molecule has 0 rings (SSSR count). The molecule has 31 heavy (non-hydrogen) atoms. The van der Waals surface area contributed by atoms with Crippen molar-refractivity contribution in [1.82, 2.24) is 0 Å². The molecule has 0 saturated heterocycles. The minimum atomic E-state index is -2.00. The number of esters is 1. The van der Waals surface area contributed by atoms with Gasteiger partial charge in [-0.25, -0.2) is 0 Å². The molecule has 0 aromatic heterocycles. The Morgan fingerprint density at radius 1 is 0.871 bits per heavy atom. The summed E-state index contributed by atoms with van der Waals surface area (Å²) in [7, 11) is -2.00. The van der Waals surface area contributed by atoms with Crippen LogP contribution in [0.15, 0.2) is 34.9 Å². The van der Waals surface area contributed by atoms with Gasteiger partial charge in [-0.05, 0) is 92.3 Å². The lowest BCUT2D eigenvalue weighted by molar-refractivity contribution is -0.156. The van der Waals surface area contributed by atoms with E-state index in [0.29, 0.717) is 0 Å². The van der Waals surface area contributed by atoms with Gasteiger partial charge >= 0.3 is 5.97 Å². The quantitative estimate of drug-likeness (QED) is 0.180. The Morgan fingerprint density at radius 3 is 1.87 bits per heavy atom. The van der Waals surface area contributed by atoms with Crippen molar-refractivity contribution < 1.29 is 14.0 Å². The Labute approximate surface area is 194 Å². The molecule has 0 aliphatic heterocycles. The molecule has 0 aliphatic rings. The molecule has 0 radical (unpaired) electrons. The highest BCUT2D eigenvalue weighted by atomic mass is 28.4. The maximum atomic E-state index is 12.5. The second-order valence-corrected chi connectivity index (χ2v) is 16.4. The standard InChI is InChI=1S/C27H50O3Si/c1-21(2)15-13-16-22(3)17-14-18-23(4)19-24(20-25(28)29-26(5,6)7)30-31(11,12)27(8,9)10/h15,17,19,24H,13-14,16,18,20H2,1-12H3. The van der Waals surface area contributed by atoms with E-state index in [1.54, 1.807) is 0 Å². The van der Waals surface area contributed by atoms with Crippen LogP contribution >= 0.6 is 0 Å². The number of hydrogen-bond acceptors (Lipinski definition) is 3. The molecule has 180 valence electrons. The molecule has 4 heteroatoms. The molecule has 0 aliphatic carbocycles. The Morgan fingerprint density at radius 2 is 1.39 bits per heavy atom. The zero-order valence-corrected chi connectivity index (χ0v) is 23.6. The summed E-state index contributed by atoms with van der Waals surface area (Å²) in [6.07, 6.45) is 11.0. The Kier molecular flexibility index (Phi) is 12.3. The highest BCUT2D eigenvalue weighted by Crippen LogP contribution is 2.38. The summed E-state index contributed by atoms with van der Waals surface area (Å²) >= 11 is 0. The van der Waals surface area contributed by atoms with Gasteiger partial charge in [0, 0.05) is 0 Å². The van der Waals surface area contributed by atoms with Gasteiger partial charge in [0.15, 0.2) is 8.32 Å². The van der Waals surface area contributed by atoms with Gasteiger partial charge in [-0.1, -0.05) is 55.7 Å². The summed E-state index contributed by atoms with van der Waals surface area (Å²) < 4.78 is 12.2. The predicted octanol–water partition coefficient (Wildman–Crippen LogP) is 8.53. The maximum Gasteiger partial charge on any atom is 0.309 e. The van der Waals surface area contributed by atoms with Crippen LogP contribution in [0.5, 0.6) is 0 Å². The first-order chi connectivity index (χ1) is 13.9. The first kappa shape index (κ1) is 29.9. The van der Waals surface area contributed by atoms with Crippen molar-refractivity contribution in [2.75, 3.05) is 0 Å². The number of allylic oxidation sites excluding steroid dienone is 5. The van der Waals surface area contributed by atoms with Gasteiger partial charge in [0.2, 0.25) is 0 Å². The zero-order chi connectivity index (χ0) is 24.5. The van der Waals surface area contributed by atoms with E-state index in [2.05, 4.69) is 79.8 Å². The van der Waals surface area contributed by atoms with E-state index in [9.17, 15) is 4.79 Å². The molecule has 0 heterocycles. The van der Waals surface area contributed by atoms with Gasteiger partial charge in [0.1, 0.15) is 5.60 Å². The van der Waals surface area contributed by atoms with Crippen molar-refractivity contribution in [3.05, 3.63) is 34.9 Å². The first-order valence-electron chi connectivity index (χ1n) is 11.8. The van der Waals surface area contributed by atoms with Crippen molar-refractivity contribution in [2.45, 2.75) is 131 Å². The summed E-state index contributed by atoms with van der Waals surface area (Å²) in [6, 6.07) is 0. The van der Waals surface area contributed by atoms with Crippen molar-refractivity contribution in [3.8, 4) is 0 Å². The van der Waals surface area contributed by atoms with Gasteiger partial charge < -0.3 is 9.16 Å². The van der Waals surface area contributed by atoms with Crippen LogP contribution in [0, 0.1) is 0 Å². The van der Waals surface area contributed by atoms with E-state index in [1.807, 2.05) is 20.8 Å². The van der Waals surface area contributed by atoms with Crippen molar-refractivity contribution >= 4 is 14.3 Å². The largest absolute Gasteiger partial charge is 0.460 e. The first-order valence-corrected chi connectivity index (χ1v) is 14.7. The molecule has 0 bridgehead atoms. The summed E-state index contributed by atoms with van der Waals surface area (Å²) in [5, 5.41) is 0.0894. The SMILES string of the molecule is CC(C)=CCCC(C)=CCCC(C)=CC(CC(=O)OC(C)(C)C)O[Si](C)(C)C(C)(C)C. The molecule has 0 N–H and O–H groups in total. The summed E-state index contributed by atoms with van der Waals surface area (Å²) in [5.41, 5.74) is 3.60. The van der Waals surface area contributed by atoms with Gasteiger partial charge in [0.05, 0.1) is 12.5 Å². The molecule has 0 fully saturated rings. The number of carbonyl (C=O) groups is 1. The normalized spacial score (nSPS) is 15.0. The molecule has 1 atom stereocenters. The van der Waals surface area contributed by atoms with Crippen molar-refractivity contribution in [2.24, 2.45) is 0 Å². The lowest BCUT2D eigenvalue weighted by atomic mass is 10.0. The Hall–Kier alpha value is -1.13. The topological polar surface area (TPSA) is 35.5 Å². The Balaban J connectivity index is 5.19. The third kappa shape index (κ3) is 14.5. The molecule has 0 aromatic carbocycles. The van der Waals surface area contributed by atoms with E-state index in [1.165, 1.54) is 16.7 Å². The molecule has 0 amide bonds. The van der Waals surface area contributed by atoms with Crippen molar-refractivity contribution in [1.29, 1.82) is 0 Å². The minimum absolute atomic E-state index is 0.0894.